The largest absolute Gasteiger partial charge is 0.375 e. The zero-order chi connectivity index (χ0) is 35.9. The van der Waals surface area contributed by atoms with Gasteiger partial charge in [-0.3, -0.25) is 14.6 Å². The number of pyridine rings is 1. The van der Waals surface area contributed by atoms with E-state index in [4.69, 9.17) is 11.5 Å². The number of rotatable bonds is 18. The van der Waals surface area contributed by atoms with Gasteiger partial charge in [-0.1, -0.05) is 71.3 Å². The molecule has 4 rings (SSSR count). The summed E-state index contributed by atoms with van der Waals surface area (Å²) in [6.07, 6.45) is 16.6. The smallest absolute Gasteiger partial charge is 0.318 e. The van der Waals surface area contributed by atoms with Crippen molar-refractivity contribution < 1.29 is 14.4 Å². The van der Waals surface area contributed by atoms with E-state index in [1.807, 2.05) is 23.6 Å². The fourth-order valence-electron chi connectivity index (χ4n) is 7.62. The molecular weight excluding hydrogens is 649 g/mol. The van der Waals surface area contributed by atoms with Crippen LogP contribution in [0.25, 0.3) is 0 Å². The number of amides is 4. The van der Waals surface area contributed by atoms with Gasteiger partial charge < -0.3 is 31.9 Å². The molecule has 2 unspecified atom stereocenters. The van der Waals surface area contributed by atoms with E-state index in [9.17, 15) is 14.4 Å². The first-order chi connectivity index (χ1) is 24.0. The molecule has 2 aliphatic carbocycles. The lowest BCUT2D eigenvalue weighted by Crippen LogP contribution is -2.56. The van der Waals surface area contributed by atoms with Crippen LogP contribution in [0.3, 0.4) is 0 Å². The fourth-order valence-corrected chi connectivity index (χ4v) is 8.20. The number of aromatic nitrogens is 2. The highest BCUT2D eigenvalue weighted by Gasteiger charge is 2.31. The van der Waals surface area contributed by atoms with E-state index in [-0.39, 0.29) is 36.9 Å². The second-order valence-corrected chi connectivity index (χ2v) is 16.1. The van der Waals surface area contributed by atoms with E-state index >= 15 is 0 Å². The lowest BCUT2D eigenvalue weighted by Gasteiger charge is -2.33. The molecule has 2 aromatic rings. The molecule has 6 N–H and O–H groups in total. The van der Waals surface area contributed by atoms with Crippen LogP contribution in [0.15, 0.2) is 29.8 Å². The van der Waals surface area contributed by atoms with E-state index < -0.39 is 12.1 Å². The maximum absolute atomic E-state index is 14.2. The van der Waals surface area contributed by atoms with Crippen molar-refractivity contribution in [2.24, 2.45) is 23.5 Å². The Morgan fingerprint density at radius 3 is 2.28 bits per heavy atom. The molecule has 3 atom stereocenters. The Bertz CT molecular complexity index is 1310. The van der Waals surface area contributed by atoms with Crippen LogP contribution in [0.4, 0.5) is 9.93 Å². The third kappa shape index (κ3) is 13.8. The van der Waals surface area contributed by atoms with E-state index in [2.05, 4.69) is 34.4 Å². The van der Waals surface area contributed by atoms with Gasteiger partial charge in [0.05, 0.1) is 5.69 Å². The molecule has 2 fully saturated rings. The van der Waals surface area contributed by atoms with Gasteiger partial charge in [0.2, 0.25) is 11.8 Å². The second kappa shape index (κ2) is 20.6. The third-order valence-electron chi connectivity index (χ3n) is 10.3. The molecule has 2 saturated carbocycles. The van der Waals surface area contributed by atoms with Crippen LogP contribution < -0.4 is 22.1 Å². The second-order valence-electron chi connectivity index (χ2n) is 15.2. The number of carbonyl (C=O) groups excluding carboxylic acids is 3. The molecule has 0 saturated heterocycles. The molecule has 2 aliphatic rings. The molecule has 0 radical (unpaired) electrons. The van der Waals surface area contributed by atoms with Gasteiger partial charge in [-0.25, -0.2) is 9.78 Å². The number of hydrogen-bond acceptors (Lipinski definition) is 8. The predicted octanol–water partition coefficient (Wildman–Crippen LogP) is 5.54. The third-order valence-corrected chi connectivity index (χ3v) is 11.0. The average Bonchev–Trinajstić information content (AvgIpc) is 3.51. The Balaban J connectivity index is 1.49. The summed E-state index contributed by atoms with van der Waals surface area (Å²) in [7, 11) is 1.77. The van der Waals surface area contributed by atoms with Crippen molar-refractivity contribution in [2.75, 3.05) is 32.4 Å². The number of carbonyl (C=O) groups is 3. The first-order valence-corrected chi connectivity index (χ1v) is 19.9. The molecule has 12 heteroatoms. The summed E-state index contributed by atoms with van der Waals surface area (Å²) in [5, 5.41) is 8.62. The summed E-state index contributed by atoms with van der Waals surface area (Å²) < 4.78 is 0. The van der Waals surface area contributed by atoms with Crippen molar-refractivity contribution in [3.05, 3.63) is 41.2 Å². The highest BCUT2D eigenvalue weighted by atomic mass is 32.1. The van der Waals surface area contributed by atoms with Crippen molar-refractivity contribution in [3.63, 3.8) is 0 Å². The molecule has 2 heterocycles. The molecule has 11 nitrogen and oxygen atoms in total. The van der Waals surface area contributed by atoms with Crippen LogP contribution in [0.5, 0.6) is 0 Å². The zero-order valence-corrected chi connectivity index (χ0v) is 31.5. The minimum absolute atomic E-state index is 0.0260. The van der Waals surface area contributed by atoms with E-state index in [1.54, 1.807) is 23.0 Å². The summed E-state index contributed by atoms with van der Waals surface area (Å²) in [6.45, 7) is 5.24. The van der Waals surface area contributed by atoms with Gasteiger partial charge in [0.15, 0.2) is 5.13 Å². The van der Waals surface area contributed by atoms with E-state index in [1.165, 1.54) is 49.9 Å². The molecule has 278 valence electrons. The first kappa shape index (κ1) is 39.5. The normalized spacial score (nSPS) is 17.5. The first-order valence-electron chi connectivity index (χ1n) is 19.0. The van der Waals surface area contributed by atoms with Crippen molar-refractivity contribution in [1.82, 2.24) is 30.4 Å². The summed E-state index contributed by atoms with van der Waals surface area (Å²) in [5.41, 5.74) is 14.1. The maximum Gasteiger partial charge on any atom is 0.318 e. The Morgan fingerprint density at radius 1 is 0.960 bits per heavy atom. The number of nitrogens with two attached hydrogens (primary N) is 2. The summed E-state index contributed by atoms with van der Waals surface area (Å²) in [5.74, 6) is 0.934. The standard InChI is InChI=1S/C38H62N8O3S/c1-27(2)20-30(39)22-32(21-28-12-6-4-7-13-28)42-36(48)34(23-33-26-50-37(40)43-33)44-38(49)46(24-29-14-8-5-9-15-29)25-35(47)45(3)19-17-31-16-10-11-18-41-31/h10-11,16,18,26-30,32,34H,4-9,12-15,17,19-25,39H2,1-3H3,(H2,40,43)(H,42,48)(H,44,49)/t30?,32?,34-/m0/s1. The van der Waals surface area contributed by atoms with Crippen LogP contribution in [0.1, 0.15) is 109 Å². The number of nitrogens with zero attached hydrogens (tertiary/aromatic N) is 4. The van der Waals surface area contributed by atoms with Gasteiger partial charge in [0, 0.05) is 62.3 Å². The van der Waals surface area contributed by atoms with Gasteiger partial charge in [-0.2, -0.15) is 0 Å². The van der Waals surface area contributed by atoms with Crippen molar-refractivity contribution in [1.29, 1.82) is 0 Å². The van der Waals surface area contributed by atoms with Gasteiger partial charge in [-0.05, 0) is 62.0 Å². The highest BCUT2D eigenvalue weighted by Crippen LogP contribution is 2.29. The summed E-state index contributed by atoms with van der Waals surface area (Å²) in [6, 6.07) is 4.34. The molecular formula is C38H62N8O3S. The van der Waals surface area contributed by atoms with Crippen molar-refractivity contribution in [2.45, 2.75) is 128 Å². The Morgan fingerprint density at radius 2 is 1.66 bits per heavy atom. The maximum atomic E-state index is 14.2. The number of likely N-dealkylation sites (N-methyl/N-ethyl adjacent to an activating group) is 1. The highest BCUT2D eigenvalue weighted by molar-refractivity contribution is 7.13. The number of hydrogen-bond donors (Lipinski definition) is 4. The van der Waals surface area contributed by atoms with Crippen LogP contribution in [-0.4, -0.2) is 82.4 Å². The topological polar surface area (TPSA) is 160 Å². The SMILES string of the molecule is CC(C)CC(N)CC(CC1CCCCC1)NC(=O)[C@H](Cc1csc(N)n1)NC(=O)N(CC(=O)N(C)CCc1ccccn1)CC1CCCCC1. The number of nitrogens with one attached hydrogen (secondary N) is 2. The van der Waals surface area contributed by atoms with Crippen LogP contribution in [-0.2, 0) is 22.4 Å². The summed E-state index contributed by atoms with van der Waals surface area (Å²) >= 11 is 1.31. The Kier molecular flexibility index (Phi) is 16.3. The van der Waals surface area contributed by atoms with Gasteiger partial charge in [0.1, 0.15) is 12.6 Å². The zero-order valence-electron chi connectivity index (χ0n) is 30.7. The fraction of sp³-hybridized carbons (Fsp3) is 0.711. The molecule has 0 aliphatic heterocycles. The van der Waals surface area contributed by atoms with Crippen LogP contribution >= 0.6 is 11.3 Å². The lowest BCUT2D eigenvalue weighted by molar-refractivity contribution is -0.130. The average molecular weight is 711 g/mol. The molecule has 2 aromatic heterocycles. The van der Waals surface area contributed by atoms with E-state index in [0.717, 1.165) is 44.2 Å². The van der Waals surface area contributed by atoms with Gasteiger partial charge in [-0.15, -0.1) is 11.3 Å². The molecule has 0 aromatic carbocycles. The molecule has 4 amide bonds. The summed E-state index contributed by atoms with van der Waals surface area (Å²) in [4.78, 5) is 53.9. The van der Waals surface area contributed by atoms with E-state index in [0.29, 0.717) is 54.5 Å². The molecule has 50 heavy (non-hydrogen) atoms. The lowest BCUT2D eigenvalue weighted by atomic mass is 9.83. The number of anilines is 1. The minimum atomic E-state index is -0.884. The van der Waals surface area contributed by atoms with Crippen LogP contribution in [0.2, 0.25) is 0 Å². The number of thiazole rings is 1. The molecule has 0 spiro atoms. The number of nitrogen functional groups attached to an aromatic ring is 1. The Labute approximate surface area is 303 Å². The molecule has 0 bridgehead atoms. The Hall–Kier alpha value is -3.25. The van der Waals surface area contributed by atoms with Crippen molar-refractivity contribution >= 4 is 34.3 Å². The van der Waals surface area contributed by atoms with Gasteiger partial charge in [0.25, 0.3) is 0 Å². The number of urea groups is 1. The monoisotopic (exact) mass is 710 g/mol. The minimum Gasteiger partial charge on any atom is -0.375 e. The van der Waals surface area contributed by atoms with Crippen molar-refractivity contribution in [3.8, 4) is 0 Å². The van der Waals surface area contributed by atoms with Gasteiger partial charge >= 0.3 is 6.03 Å². The predicted molar refractivity (Wildman–Crippen MR) is 201 cm³/mol. The van der Waals surface area contributed by atoms with Crippen LogP contribution in [0, 0.1) is 17.8 Å². The quantitative estimate of drug-likeness (QED) is 0.158.